The van der Waals surface area contributed by atoms with E-state index in [4.69, 9.17) is 0 Å². The molecule has 0 bridgehead atoms. The zero-order chi connectivity index (χ0) is 6.81. The van der Waals surface area contributed by atoms with Gasteiger partial charge in [0.05, 0.1) is 0 Å². The predicted octanol–water partition coefficient (Wildman–Crippen LogP) is -1.60. The molecule has 0 atom stereocenters. The Balaban J connectivity index is 2.89. The van der Waals surface area contributed by atoms with Crippen LogP contribution < -0.4 is 0 Å². The quantitative estimate of drug-likeness (QED) is 0.428. The number of fused-ring (bicyclic) bond motifs is 1. The van der Waals surface area contributed by atoms with E-state index in [1.54, 1.807) is 0 Å². The van der Waals surface area contributed by atoms with Gasteiger partial charge in [0.25, 0.3) is 0 Å². The molecule has 0 N–H and O–H groups in total. The van der Waals surface area contributed by atoms with Crippen molar-refractivity contribution < 1.29 is 0 Å². The van der Waals surface area contributed by atoms with E-state index in [9.17, 15) is 0 Å². The molecule has 2 aromatic rings. The highest BCUT2D eigenvalue weighted by atomic mass is 15.4. The molecule has 47 valence electrons. The lowest BCUT2D eigenvalue weighted by atomic mass is 10.6. The Morgan fingerprint density at radius 2 is 1.70 bits per heavy atom. The lowest BCUT2D eigenvalue weighted by molar-refractivity contribution is 0.765. The smallest absolute Gasteiger partial charge is 0.126 e. The Hall–Kier alpha value is -1.79. The van der Waals surface area contributed by atoms with E-state index in [0.717, 1.165) is 0 Å². The molecule has 0 unspecified atom stereocenters. The van der Waals surface area contributed by atoms with Gasteiger partial charge in [-0.2, -0.15) is 0 Å². The molecular formula is C3N7. The average Bonchev–Trinajstić information content (AvgIpc) is 2.05. The van der Waals surface area contributed by atoms with E-state index in [0.29, 0.717) is 11.2 Å². The van der Waals surface area contributed by atoms with Crippen molar-refractivity contribution in [2.75, 3.05) is 0 Å². The van der Waals surface area contributed by atoms with E-state index in [-0.39, 0.29) is 0 Å². The number of nitrogens with zero attached hydrogens (tertiary/aromatic N) is 7. The van der Waals surface area contributed by atoms with Gasteiger partial charge in [0, 0.05) is 0 Å². The molecule has 0 amide bonds. The normalized spacial score (nSPS) is 10.0. The standard InChI is InChI=1S/C3N7/c1-2-3(6-8-4-1)7-10-9-5-2. The maximum atomic E-state index is 3.54. The van der Waals surface area contributed by atoms with Gasteiger partial charge in [0.1, 0.15) is 6.20 Å². The summed E-state index contributed by atoms with van der Waals surface area (Å²) in [6.45, 7) is 0. The number of hydrogen-bond acceptors (Lipinski definition) is 7. The van der Waals surface area contributed by atoms with Crippen molar-refractivity contribution in [1.82, 2.24) is 36.0 Å². The molecule has 0 aliphatic rings. The molecule has 0 saturated heterocycles. The van der Waals surface area contributed by atoms with Gasteiger partial charge >= 0.3 is 0 Å². The van der Waals surface area contributed by atoms with E-state index in [1.807, 2.05) is 0 Å². The summed E-state index contributed by atoms with van der Waals surface area (Å²) in [6, 6.07) is 0. The van der Waals surface area contributed by atoms with Crippen molar-refractivity contribution in [1.29, 1.82) is 0 Å². The molecule has 7 nitrogen and oxygen atoms in total. The van der Waals surface area contributed by atoms with Gasteiger partial charge in [-0.05, 0) is 15.6 Å². The summed E-state index contributed by atoms with van der Waals surface area (Å²) in [6.07, 6.45) is 2.45. The van der Waals surface area contributed by atoms with Crippen molar-refractivity contribution in [3.8, 4) is 0 Å². The van der Waals surface area contributed by atoms with Crippen LogP contribution >= 0.6 is 0 Å². The molecule has 2 aromatic heterocycles. The Morgan fingerprint density at radius 1 is 0.900 bits per heavy atom. The first kappa shape index (κ1) is 5.03. The summed E-state index contributed by atoms with van der Waals surface area (Å²) in [7, 11) is 0. The molecule has 7 heteroatoms. The van der Waals surface area contributed by atoms with Gasteiger partial charge in [-0.3, -0.25) is 0 Å². The maximum absolute atomic E-state index is 3.54. The Labute approximate surface area is 54.5 Å². The van der Waals surface area contributed by atoms with Crippen molar-refractivity contribution in [2.45, 2.75) is 0 Å². The molecule has 2 heterocycles. The van der Waals surface area contributed by atoms with Crippen molar-refractivity contribution in [3.63, 3.8) is 0 Å². The third-order valence-electron chi connectivity index (χ3n) is 0.876. The largest absolute Gasteiger partial charge is 0.229 e. The fourth-order valence-electron chi connectivity index (χ4n) is 0.493. The van der Waals surface area contributed by atoms with Crippen LogP contribution in [0.25, 0.3) is 11.2 Å². The molecule has 0 aliphatic heterocycles. The van der Waals surface area contributed by atoms with Crippen LogP contribution in [0.3, 0.4) is 0 Å². The highest BCUT2D eigenvalue weighted by Gasteiger charge is 1.95. The number of aromatic nitrogens is 7. The summed E-state index contributed by atoms with van der Waals surface area (Å²) < 4.78 is 0. The lowest BCUT2D eigenvalue weighted by Gasteiger charge is -1.84. The van der Waals surface area contributed by atoms with Crippen LogP contribution in [-0.2, 0) is 0 Å². The van der Waals surface area contributed by atoms with Crippen LogP contribution in [0, 0.1) is 6.20 Å². The Morgan fingerprint density at radius 3 is 2.60 bits per heavy atom. The van der Waals surface area contributed by atoms with Gasteiger partial charge in [-0.15, -0.1) is 20.4 Å². The van der Waals surface area contributed by atoms with Crippen molar-refractivity contribution in [3.05, 3.63) is 6.20 Å². The third-order valence-corrected chi connectivity index (χ3v) is 0.876. The summed E-state index contributed by atoms with van der Waals surface area (Å²) >= 11 is 0. The molecular weight excluding hydrogens is 134 g/mol. The second kappa shape index (κ2) is 1.87. The molecule has 0 saturated carbocycles. The van der Waals surface area contributed by atoms with Crippen molar-refractivity contribution >= 4 is 11.2 Å². The molecule has 2 rings (SSSR count). The summed E-state index contributed by atoms with van der Waals surface area (Å²) in [5.41, 5.74) is 0.662. The van der Waals surface area contributed by atoms with Crippen LogP contribution in [0.15, 0.2) is 0 Å². The number of hydrogen-bond donors (Lipinski definition) is 0. The minimum absolute atomic E-state index is 0.296. The maximum Gasteiger partial charge on any atom is 0.229 e. The second-order valence-corrected chi connectivity index (χ2v) is 1.45. The monoisotopic (exact) mass is 134 g/mol. The minimum Gasteiger partial charge on any atom is -0.126 e. The molecule has 10 heavy (non-hydrogen) atoms. The topological polar surface area (TPSA) is 90.2 Å². The third kappa shape index (κ3) is 0.642. The molecule has 1 radical (unpaired) electrons. The van der Waals surface area contributed by atoms with Gasteiger partial charge in [-0.1, -0.05) is 0 Å². The number of rotatable bonds is 0. The molecule has 0 spiro atoms. The highest BCUT2D eigenvalue weighted by molar-refractivity contribution is 5.64. The second-order valence-electron chi connectivity index (χ2n) is 1.45. The van der Waals surface area contributed by atoms with Crippen LogP contribution in [0.4, 0.5) is 0 Å². The van der Waals surface area contributed by atoms with Gasteiger partial charge in [-0.25, -0.2) is 0 Å². The van der Waals surface area contributed by atoms with E-state index in [1.165, 1.54) is 0 Å². The SMILES string of the molecule is [c]1nnnc2nnnnc12. The van der Waals surface area contributed by atoms with E-state index in [2.05, 4.69) is 42.2 Å². The molecule has 0 aromatic carbocycles. The van der Waals surface area contributed by atoms with E-state index < -0.39 is 0 Å². The zero-order valence-electron chi connectivity index (χ0n) is 4.63. The lowest BCUT2D eigenvalue weighted by Crippen LogP contribution is -1.97. The Bertz CT molecular complexity index is 280. The van der Waals surface area contributed by atoms with Crippen LogP contribution in [0.2, 0.25) is 0 Å². The fourth-order valence-corrected chi connectivity index (χ4v) is 0.493. The van der Waals surface area contributed by atoms with Gasteiger partial charge in [0.2, 0.25) is 5.65 Å². The zero-order valence-corrected chi connectivity index (χ0v) is 4.63. The Kier molecular flexibility index (Phi) is 0.938. The first-order chi connectivity index (χ1) is 4.97. The summed E-state index contributed by atoms with van der Waals surface area (Å²) in [5.74, 6) is 0. The average molecular weight is 134 g/mol. The van der Waals surface area contributed by atoms with Crippen molar-refractivity contribution in [2.24, 2.45) is 0 Å². The first-order valence-electron chi connectivity index (χ1n) is 2.39. The summed E-state index contributed by atoms with van der Waals surface area (Å²) in [4.78, 5) is 0. The van der Waals surface area contributed by atoms with Gasteiger partial charge < -0.3 is 0 Å². The highest BCUT2D eigenvalue weighted by Crippen LogP contribution is 1.92. The fraction of sp³-hybridized carbons (Fsp3) is 0. The minimum atomic E-state index is 0.296. The summed E-state index contributed by atoms with van der Waals surface area (Å²) in [5, 5.41) is 23.7. The van der Waals surface area contributed by atoms with Crippen LogP contribution in [0.1, 0.15) is 0 Å². The van der Waals surface area contributed by atoms with Gasteiger partial charge in [0.15, 0.2) is 5.52 Å². The molecule has 0 fully saturated rings. The molecule has 0 aliphatic carbocycles. The van der Waals surface area contributed by atoms with Crippen LogP contribution in [-0.4, -0.2) is 36.0 Å². The van der Waals surface area contributed by atoms with Crippen LogP contribution in [0.5, 0.6) is 0 Å². The van der Waals surface area contributed by atoms with E-state index >= 15 is 0 Å². The predicted molar refractivity (Wildman–Crippen MR) is 27.3 cm³/mol. The first-order valence-corrected chi connectivity index (χ1v) is 2.39.